The zero-order valence-electron chi connectivity index (χ0n) is 17.8. The summed E-state index contributed by atoms with van der Waals surface area (Å²) in [5.74, 6) is 0.479. The molecule has 160 valence electrons. The zero-order valence-corrected chi connectivity index (χ0v) is 17.8. The van der Waals surface area contributed by atoms with Crippen LogP contribution >= 0.6 is 0 Å². The highest BCUT2D eigenvalue weighted by atomic mass is 16.5. The molecule has 2 heterocycles. The van der Waals surface area contributed by atoms with Crippen molar-refractivity contribution in [3.05, 3.63) is 97.3 Å². The lowest BCUT2D eigenvalue weighted by Crippen LogP contribution is -2.23. The summed E-state index contributed by atoms with van der Waals surface area (Å²) in [5.41, 5.74) is 3.27. The molecule has 0 aliphatic rings. The van der Waals surface area contributed by atoms with E-state index in [9.17, 15) is 9.59 Å². The van der Waals surface area contributed by atoms with Gasteiger partial charge < -0.3 is 14.6 Å². The van der Waals surface area contributed by atoms with Gasteiger partial charge in [0.1, 0.15) is 0 Å². The van der Waals surface area contributed by atoms with E-state index < -0.39 is 5.92 Å². The van der Waals surface area contributed by atoms with Crippen molar-refractivity contribution in [2.75, 3.05) is 14.2 Å². The normalized spacial score (nSPS) is 12.0. The van der Waals surface area contributed by atoms with E-state index in [4.69, 9.17) is 9.47 Å². The first-order valence-corrected chi connectivity index (χ1v) is 9.82. The fourth-order valence-electron chi connectivity index (χ4n) is 3.97. The van der Waals surface area contributed by atoms with E-state index >= 15 is 0 Å². The number of benzene rings is 2. The van der Waals surface area contributed by atoms with E-state index in [1.165, 1.54) is 4.68 Å². The van der Waals surface area contributed by atoms with Crippen LogP contribution in [0.25, 0.3) is 5.69 Å². The Morgan fingerprint density at radius 2 is 1.55 bits per heavy atom. The molecule has 4 rings (SSSR count). The van der Waals surface area contributed by atoms with Crippen molar-refractivity contribution in [2.24, 2.45) is 0 Å². The fraction of sp³-hybridized carbons (Fsp3) is 0.217. The lowest BCUT2D eigenvalue weighted by molar-refractivity contribution is 0.354. The molecule has 0 spiro atoms. The number of rotatable bonds is 6. The molecule has 8 heteroatoms. The summed E-state index contributed by atoms with van der Waals surface area (Å²) in [7, 11) is 3.11. The van der Waals surface area contributed by atoms with Gasteiger partial charge in [0.15, 0.2) is 11.5 Å². The first-order chi connectivity index (χ1) is 15.0. The Hall–Kier alpha value is -3.94. The number of aromatic amines is 3. The molecule has 3 N–H and O–H groups in total. The summed E-state index contributed by atoms with van der Waals surface area (Å²) in [6, 6.07) is 14.7. The van der Waals surface area contributed by atoms with Crippen LogP contribution < -0.4 is 20.6 Å². The molecule has 31 heavy (non-hydrogen) atoms. The molecule has 0 amide bonds. The topological polar surface area (TPSA) is 105 Å². The van der Waals surface area contributed by atoms with Gasteiger partial charge in [-0.15, -0.1) is 0 Å². The summed E-state index contributed by atoms with van der Waals surface area (Å²) in [6.07, 6.45) is 0. The number of H-pyrrole nitrogens is 3. The van der Waals surface area contributed by atoms with Crippen LogP contribution in [0.1, 0.15) is 34.0 Å². The number of aromatic nitrogens is 4. The molecule has 0 radical (unpaired) electrons. The molecule has 1 unspecified atom stereocenters. The van der Waals surface area contributed by atoms with Crippen molar-refractivity contribution in [1.29, 1.82) is 0 Å². The summed E-state index contributed by atoms with van der Waals surface area (Å²) >= 11 is 0. The largest absolute Gasteiger partial charge is 0.493 e. The van der Waals surface area contributed by atoms with Crippen molar-refractivity contribution in [2.45, 2.75) is 19.8 Å². The van der Waals surface area contributed by atoms with Crippen LogP contribution in [0.15, 0.2) is 58.1 Å². The molecule has 0 fully saturated rings. The lowest BCUT2D eigenvalue weighted by Gasteiger charge is -2.18. The van der Waals surface area contributed by atoms with E-state index in [1.54, 1.807) is 33.3 Å². The molecular formula is C23H24N4O4. The maximum atomic E-state index is 13.6. The van der Waals surface area contributed by atoms with Crippen LogP contribution in [0.4, 0.5) is 0 Å². The molecule has 2 aromatic carbocycles. The maximum absolute atomic E-state index is 13.6. The Morgan fingerprint density at radius 3 is 2.16 bits per heavy atom. The zero-order chi connectivity index (χ0) is 22.1. The van der Waals surface area contributed by atoms with E-state index in [2.05, 4.69) is 15.3 Å². The average molecular weight is 420 g/mol. The Bertz CT molecular complexity index is 1330. The summed E-state index contributed by atoms with van der Waals surface area (Å²) in [5, 5.41) is 8.66. The van der Waals surface area contributed by atoms with Gasteiger partial charge in [0.05, 0.1) is 31.0 Å². The quantitative estimate of drug-likeness (QED) is 0.446. The van der Waals surface area contributed by atoms with Gasteiger partial charge in [-0.2, -0.15) is 0 Å². The summed E-state index contributed by atoms with van der Waals surface area (Å²) in [6.45, 7) is 3.64. The number of para-hydroxylation sites is 1. The second kappa shape index (κ2) is 8.06. The molecule has 4 aromatic rings. The molecule has 8 nitrogen and oxygen atoms in total. The summed E-state index contributed by atoms with van der Waals surface area (Å²) < 4.78 is 12.3. The van der Waals surface area contributed by atoms with E-state index in [-0.39, 0.29) is 11.1 Å². The van der Waals surface area contributed by atoms with Gasteiger partial charge in [0, 0.05) is 17.3 Å². The monoisotopic (exact) mass is 420 g/mol. The number of ether oxygens (including phenoxy) is 2. The number of aryl methyl sites for hydroxylation is 2. The van der Waals surface area contributed by atoms with Crippen molar-refractivity contribution in [1.82, 2.24) is 20.0 Å². The van der Waals surface area contributed by atoms with Gasteiger partial charge in [-0.25, -0.2) is 4.68 Å². The Labute approximate surface area is 178 Å². The molecule has 2 aromatic heterocycles. The Morgan fingerprint density at radius 1 is 0.839 bits per heavy atom. The minimum atomic E-state index is -0.608. The molecule has 0 saturated carbocycles. The van der Waals surface area contributed by atoms with Gasteiger partial charge in [0.25, 0.3) is 11.1 Å². The first-order valence-electron chi connectivity index (χ1n) is 9.82. The molecule has 0 aliphatic heterocycles. The van der Waals surface area contributed by atoms with E-state index in [0.29, 0.717) is 39.7 Å². The Kier molecular flexibility index (Phi) is 5.29. The second-order valence-corrected chi connectivity index (χ2v) is 7.29. The second-order valence-electron chi connectivity index (χ2n) is 7.29. The van der Waals surface area contributed by atoms with Gasteiger partial charge in [-0.05, 0) is 43.7 Å². The number of nitrogens with one attached hydrogen (secondary N) is 3. The molecule has 1 atom stereocenters. The number of hydrogen-bond acceptors (Lipinski definition) is 4. The van der Waals surface area contributed by atoms with Crippen LogP contribution in [0.3, 0.4) is 0 Å². The third-order valence-electron chi connectivity index (χ3n) is 5.46. The molecular weight excluding hydrogens is 396 g/mol. The molecule has 0 bridgehead atoms. The highest BCUT2D eigenvalue weighted by Crippen LogP contribution is 2.36. The predicted molar refractivity (Wildman–Crippen MR) is 118 cm³/mol. The van der Waals surface area contributed by atoms with Crippen molar-refractivity contribution >= 4 is 0 Å². The molecule has 0 aliphatic carbocycles. The van der Waals surface area contributed by atoms with Gasteiger partial charge in [-0.1, -0.05) is 24.3 Å². The highest BCUT2D eigenvalue weighted by Gasteiger charge is 2.30. The smallest absolute Gasteiger partial charge is 0.275 e. The lowest BCUT2D eigenvalue weighted by atomic mass is 9.85. The van der Waals surface area contributed by atoms with Gasteiger partial charge in [-0.3, -0.25) is 19.8 Å². The average Bonchev–Trinajstić information content (AvgIpc) is 3.28. The minimum Gasteiger partial charge on any atom is -0.493 e. The van der Waals surface area contributed by atoms with Crippen LogP contribution in [0.5, 0.6) is 11.5 Å². The van der Waals surface area contributed by atoms with E-state index in [1.807, 2.05) is 43.3 Å². The number of methoxy groups -OCH3 is 2. The number of nitrogens with zero attached hydrogens (tertiary/aromatic N) is 1. The maximum Gasteiger partial charge on any atom is 0.275 e. The van der Waals surface area contributed by atoms with Crippen LogP contribution in [-0.2, 0) is 0 Å². The van der Waals surface area contributed by atoms with Gasteiger partial charge >= 0.3 is 0 Å². The Balaban J connectivity index is 1.99. The highest BCUT2D eigenvalue weighted by molar-refractivity contribution is 5.51. The van der Waals surface area contributed by atoms with E-state index in [0.717, 1.165) is 5.56 Å². The standard InChI is InChI=1S/C23H24N4O4/c1-13-19(22(28)25-24-13)21(15-10-11-17(30-3)18(12-15)31-4)20-14(2)26-27(23(20)29)16-8-6-5-7-9-16/h5-12,21,26H,1-4H3,(H2,24,25,28). The summed E-state index contributed by atoms with van der Waals surface area (Å²) in [4.78, 5) is 26.3. The van der Waals surface area contributed by atoms with Crippen LogP contribution in [0.2, 0.25) is 0 Å². The third-order valence-corrected chi connectivity index (χ3v) is 5.46. The van der Waals surface area contributed by atoms with Crippen molar-refractivity contribution in [3.63, 3.8) is 0 Å². The van der Waals surface area contributed by atoms with Crippen molar-refractivity contribution < 1.29 is 9.47 Å². The third kappa shape index (κ3) is 3.46. The SMILES string of the molecule is COc1ccc(C(c2c(C)[nH][nH]c2=O)c2c(C)[nH]n(-c3ccccc3)c2=O)cc1OC. The van der Waals surface area contributed by atoms with Crippen LogP contribution in [0, 0.1) is 13.8 Å². The first kappa shape index (κ1) is 20.3. The number of hydrogen-bond donors (Lipinski definition) is 3. The molecule has 0 saturated heterocycles. The minimum absolute atomic E-state index is 0.219. The van der Waals surface area contributed by atoms with Crippen LogP contribution in [-0.4, -0.2) is 34.2 Å². The van der Waals surface area contributed by atoms with Gasteiger partial charge in [0.2, 0.25) is 0 Å². The fourth-order valence-corrected chi connectivity index (χ4v) is 3.97. The van der Waals surface area contributed by atoms with Crippen molar-refractivity contribution in [3.8, 4) is 17.2 Å². The predicted octanol–water partition coefficient (Wildman–Crippen LogP) is 3.00.